The summed E-state index contributed by atoms with van der Waals surface area (Å²) in [6.07, 6.45) is -0.995. The van der Waals surface area contributed by atoms with E-state index in [0.717, 1.165) is 4.26 Å². The summed E-state index contributed by atoms with van der Waals surface area (Å²) in [6, 6.07) is 13.8. The predicted octanol–water partition coefficient (Wildman–Crippen LogP) is 0.982. The van der Waals surface area contributed by atoms with Gasteiger partial charge in [0.1, 0.15) is 0 Å². The summed E-state index contributed by atoms with van der Waals surface area (Å²) in [5, 5.41) is 7.15. The average Bonchev–Trinajstić information content (AvgIpc) is 2.95. The van der Waals surface area contributed by atoms with Crippen molar-refractivity contribution in [1.29, 1.82) is 0 Å². The van der Waals surface area contributed by atoms with Crippen LogP contribution in [-0.2, 0) is 15.6 Å². The Balaban J connectivity index is 1.85. The number of hydrogen-bond acceptors (Lipinski definition) is 4. The van der Waals surface area contributed by atoms with Gasteiger partial charge < -0.3 is 0 Å². The first-order chi connectivity index (χ1) is 12.9. The molecule has 150 valence electrons. The van der Waals surface area contributed by atoms with Crippen molar-refractivity contribution in [3.8, 4) is 5.69 Å². The van der Waals surface area contributed by atoms with Crippen LogP contribution in [0.1, 0.15) is 12.0 Å². The van der Waals surface area contributed by atoms with Gasteiger partial charge in [0.25, 0.3) is 0 Å². The van der Waals surface area contributed by atoms with Crippen LogP contribution in [0.2, 0.25) is 0 Å². The second-order valence-electron chi connectivity index (χ2n) is 6.22. The molecular formula is C16H17NO8P2Se. The van der Waals surface area contributed by atoms with Gasteiger partial charge in [0.05, 0.1) is 0 Å². The predicted molar refractivity (Wildman–Crippen MR) is 104 cm³/mol. The van der Waals surface area contributed by atoms with Crippen molar-refractivity contribution < 1.29 is 33.8 Å². The second-order valence-corrected chi connectivity index (χ2v) is 12.3. The quantitative estimate of drug-likeness (QED) is 0.252. The molecule has 0 amide bonds. The fourth-order valence-electron chi connectivity index (χ4n) is 2.71. The van der Waals surface area contributed by atoms with Gasteiger partial charge >= 0.3 is 165 Å². The summed E-state index contributed by atoms with van der Waals surface area (Å²) < 4.78 is 25.4. The summed E-state index contributed by atoms with van der Waals surface area (Å²) in [5.74, 6) is 0. The average molecular weight is 492 g/mol. The van der Waals surface area contributed by atoms with Gasteiger partial charge in [0.15, 0.2) is 0 Å². The number of aromatic nitrogens is 1. The molecule has 0 aliphatic rings. The number of nitrogens with zero attached hydrogens (tertiary/aromatic N) is 1. The molecule has 0 unspecified atom stereocenters. The van der Waals surface area contributed by atoms with E-state index in [4.69, 9.17) is 0 Å². The van der Waals surface area contributed by atoms with E-state index in [0.29, 0.717) is 16.6 Å². The maximum atomic E-state index is 12.5. The first kappa shape index (κ1) is 21.4. The Labute approximate surface area is 165 Å². The van der Waals surface area contributed by atoms with E-state index in [1.807, 2.05) is 12.1 Å². The molecule has 0 fully saturated rings. The fraction of sp³-hybridized carbons (Fsp3) is 0.188. The van der Waals surface area contributed by atoms with E-state index in [9.17, 15) is 38.6 Å². The number of rotatable bonds is 6. The van der Waals surface area contributed by atoms with Crippen LogP contribution in [0.25, 0.3) is 15.3 Å². The first-order valence-corrected chi connectivity index (χ1v) is 12.8. The maximum absolute atomic E-state index is 12.5. The molecule has 12 heteroatoms. The summed E-state index contributed by atoms with van der Waals surface area (Å²) in [4.78, 5) is 49.2. The van der Waals surface area contributed by atoms with E-state index in [-0.39, 0.29) is 26.7 Å². The third-order valence-corrected chi connectivity index (χ3v) is 10.6. The molecule has 3 aromatic rings. The monoisotopic (exact) mass is 493 g/mol. The summed E-state index contributed by atoms with van der Waals surface area (Å²) in [7, 11) is -10.9. The third kappa shape index (κ3) is 3.89. The second kappa shape index (κ2) is 7.50. The molecule has 0 aliphatic carbocycles. The van der Waals surface area contributed by atoms with E-state index in [2.05, 4.69) is 0 Å². The van der Waals surface area contributed by atoms with Crippen molar-refractivity contribution in [3.05, 3.63) is 64.4 Å². The molecule has 9 nitrogen and oxygen atoms in total. The number of aliphatic hydroxyl groups is 1. The molecule has 0 saturated heterocycles. The Kier molecular flexibility index (Phi) is 5.73. The molecule has 28 heavy (non-hydrogen) atoms. The molecule has 3 rings (SSSR count). The molecule has 2 aromatic carbocycles. The zero-order valence-corrected chi connectivity index (χ0v) is 17.7. The van der Waals surface area contributed by atoms with Crippen LogP contribution in [0.15, 0.2) is 53.3 Å². The molecular weight excluding hydrogens is 475 g/mol. The number of fused-ring (bicyclic) bond motifs is 1. The van der Waals surface area contributed by atoms with Crippen molar-refractivity contribution in [1.82, 2.24) is 3.56 Å². The number of aryl methyl sites for hydroxylation is 1. The zero-order chi connectivity index (χ0) is 20.7. The van der Waals surface area contributed by atoms with E-state index < -0.39 is 26.7 Å². The van der Waals surface area contributed by atoms with Crippen molar-refractivity contribution in [2.24, 2.45) is 0 Å². The van der Waals surface area contributed by atoms with Gasteiger partial charge in [-0.1, -0.05) is 0 Å². The van der Waals surface area contributed by atoms with Crippen LogP contribution in [-0.4, -0.2) is 48.1 Å². The normalized spacial score (nSPS) is 13.2. The van der Waals surface area contributed by atoms with Crippen LogP contribution in [0.4, 0.5) is 0 Å². The Morgan fingerprint density at radius 3 is 2.04 bits per heavy atom. The van der Waals surface area contributed by atoms with Gasteiger partial charge in [-0.15, -0.1) is 0 Å². The summed E-state index contributed by atoms with van der Waals surface area (Å²) in [5.41, 5.74) is 1.03. The van der Waals surface area contributed by atoms with Crippen molar-refractivity contribution in [3.63, 3.8) is 0 Å². The van der Waals surface area contributed by atoms with Gasteiger partial charge in [-0.25, -0.2) is 0 Å². The fourth-order valence-corrected chi connectivity index (χ4v) is 6.97. The molecule has 1 aromatic heterocycles. The molecule has 0 radical (unpaired) electrons. The van der Waals surface area contributed by atoms with Crippen molar-refractivity contribution in [2.75, 3.05) is 0 Å². The minimum atomic E-state index is -5.47. The zero-order valence-electron chi connectivity index (χ0n) is 14.2. The molecule has 5 N–H and O–H groups in total. The van der Waals surface area contributed by atoms with Gasteiger partial charge in [-0.2, -0.15) is 0 Å². The van der Waals surface area contributed by atoms with E-state index >= 15 is 0 Å². The van der Waals surface area contributed by atoms with Gasteiger partial charge in [-0.05, 0) is 0 Å². The van der Waals surface area contributed by atoms with Crippen LogP contribution >= 0.6 is 15.2 Å². The van der Waals surface area contributed by atoms with Crippen LogP contribution in [0.5, 0.6) is 0 Å². The topological polar surface area (TPSA) is 157 Å². The minimum absolute atomic E-state index is 0.110. The number of benzene rings is 2. The molecule has 0 aliphatic heterocycles. The Hall–Kier alpha value is -1.31. The first-order valence-electron chi connectivity index (χ1n) is 7.98. The summed E-state index contributed by atoms with van der Waals surface area (Å²) in [6.45, 7) is 0. The molecule has 0 spiro atoms. The molecule has 0 bridgehead atoms. The molecule has 0 atom stereocenters. The molecule has 0 saturated carbocycles. The summed E-state index contributed by atoms with van der Waals surface area (Å²) >= 11 is -0.212. The van der Waals surface area contributed by atoms with E-state index in [1.54, 1.807) is 40.0 Å². The van der Waals surface area contributed by atoms with Gasteiger partial charge in [0.2, 0.25) is 0 Å². The van der Waals surface area contributed by atoms with Crippen LogP contribution in [0.3, 0.4) is 0 Å². The number of hydrogen-bond donors (Lipinski definition) is 5. The Morgan fingerprint density at radius 1 is 0.929 bits per heavy atom. The third-order valence-electron chi connectivity index (χ3n) is 4.34. The van der Waals surface area contributed by atoms with Crippen molar-refractivity contribution >= 4 is 39.6 Å². The standard InChI is InChI=1S/C16H17NO8P2Se/c18-15-13-3-1-2-4-14(13)28-17(15)12-7-5-11(6-8-12)9-10-16(19,26(20,21)22)27(23,24)25/h1-8,19H,9-10H2,(H2,20,21,22)(H2,23,24,25). The van der Waals surface area contributed by atoms with Crippen molar-refractivity contribution in [2.45, 2.75) is 17.9 Å². The van der Waals surface area contributed by atoms with Crippen LogP contribution < -0.4 is 5.56 Å². The van der Waals surface area contributed by atoms with Gasteiger partial charge in [-0.3, -0.25) is 0 Å². The van der Waals surface area contributed by atoms with E-state index in [1.165, 1.54) is 0 Å². The Bertz CT molecular complexity index is 1140. The van der Waals surface area contributed by atoms with Gasteiger partial charge in [0, 0.05) is 0 Å². The SMILES string of the molecule is O=c1c2ccccc2[se]n1-c1ccc(CCC(O)(P(=O)(O)O)P(=O)(O)O)cc1. The van der Waals surface area contributed by atoms with Crippen LogP contribution in [0, 0.1) is 0 Å². The Morgan fingerprint density at radius 2 is 1.50 bits per heavy atom. The molecule has 1 heterocycles.